The molecule has 0 saturated heterocycles. The van der Waals surface area contributed by atoms with E-state index in [1.165, 1.54) is 0 Å². The summed E-state index contributed by atoms with van der Waals surface area (Å²) in [7, 11) is -3.39. The molecule has 66 valence electrons. The third-order valence-corrected chi connectivity index (χ3v) is 1.14. The van der Waals surface area contributed by atoms with Gasteiger partial charge in [0.05, 0.1) is 0 Å². The van der Waals surface area contributed by atoms with Crippen LogP contribution in [0.25, 0.3) is 0 Å². The van der Waals surface area contributed by atoms with E-state index < -0.39 is 19.5 Å². The van der Waals surface area contributed by atoms with Gasteiger partial charge in [0, 0.05) is 13.3 Å². The molecule has 0 unspecified atom stereocenters. The molecule has 0 amide bonds. The zero-order chi connectivity index (χ0) is 9.28. The van der Waals surface area contributed by atoms with E-state index in [0.717, 1.165) is 13.3 Å². The van der Waals surface area contributed by atoms with Crippen LogP contribution in [0.15, 0.2) is 0 Å². The van der Waals surface area contributed by atoms with E-state index >= 15 is 0 Å². The van der Waals surface area contributed by atoms with Crippen LogP contribution in [0.3, 0.4) is 0 Å². The maximum atomic E-state index is 11.4. The maximum absolute atomic E-state index is 11.4. The summed E-state index contributed by atoms with van der Waals surface area (Å²) in [6.07, 6.45) is -5.07. The predicted octanol–water partition coefficient (Wildman–Crippen LogP) is 1.63. The Morgan fingerprint density at radius 1 is 1.36 bits per heavy atom. The van der Waals surface area contributed by atoms with Gasteiger partial charge in [0.25, 0.3) is 0 Å². The zero-order valence-electron chi connectivity index (χ0n) is 5.81. The van der Waals surface area contributed by atoms with Crippen molar-refractivity contribution in [1.82, 2.24) is 0 Å². The summed E-state index contributed by atoms with van der Waals surface area (Å²) in [6, 6.07) is 0. The summed E-state index contributed by atoms with van der Waals surface area (Å²) >= 11 is 0. The highest BCUT2D eigenvalue weighted by molar-refractivity contribution is 7.57. The van der Waals surface area contributed by atoms with Gasteiger partial charge < -0.3 is 4.52 Å². The molecule has 0 aromatic rings. The molecule has 3 nitrogen and oxygen atoms in total. The van der Waals surface area contributed by atoms with Gasteiger partial charge in [-0.05, 0) is 0 Å². The van der Waals surface area contributed by atoms with Crippen molar-refractivity contribution in [2.45, 2.75) is 6.18 Å². The fraction of sp³-hybridized carbons (Fsp3) is 0.750. The molecule has 0 saturated carbocycles. The number of carbonyl (C=O) groups is 1. The van der Waals surface area contributed by atoms with Gasteiger partial charge in [0.2, 0.25) is 7.37 Å². The smallest absolute Gasteiger partial charge is 0.406 e. The number of halogens is 3. The Morgan fingerprint density at radius 3 is 1.82 bits per heavy atom. The first-order valence-corrected chi connectivity index (χ1v) is 5.00. The summed E-state index contributed by atoms with van der Waals surface area (Å²) in [5, 5.41) is 0. The summed E-state index contributed by atoms with van der Waals surface area (Å²) < 4.78 is 48.3. The van der Waals surface area contributed by atoms with Crippen molar-refractivity contribution in [2.75, 3.05) is 13.3 Å². The Morgan fingerprint density at radius 2 is 1.73 bits per heavy atom. The minimum Gasteiger partial charge on any atom is -0.406 e. The third kappa shape index (κ3) is 4.84. The van der Waals surface area contributed by atoms with Gasteiger partial charge in [-0.2, -0.15) is 13.2 Å². The van der Waals surface area contributed by atoms with Crippen LogP contribution in [0.4, 0.5) is 13.2 Å². The molecule has 0 aromatic carbocycles. The van der Waals surface area contributed by atoms with Crippen LogP contribution in [0, 0.1) is 0 Å². The van der Waals surface area contributed by atoms with Crippen molar-refractivity contribution in [1.29, 1.82) is 0 Å². The first-order chi connectivity index (χ1) is 4.63. The molecule has 0 atom stereocenters. The van der Waals surface area contributed by atoms with Crippen molar-refractivity contribution >= 4 is 13.3 Å². The lowest BCUT2D eigenvalue weighted by Crippen LogP contribution is -2.24. The maximum Gasteiger partial charge on any atom is 0.491 e. The topological polar surface area (TPSA) is 43.4 Å². The highest BCUT2D eigenvalue weighted by Crippen LogP contribution is 2.39. The van der Waals surface area contributed by atoms with Crippen molar-refractivity contribution in [2.24, 2.45) is 0 Å². The Balaban J connectivity index is 4.23. The molecule has 0 bridgehead atoms. The number of hydrogen-bond acceptors (Lipinski definition) is 3. The molecule has 0 heterocycles. The van der Waals surface area contributed by atoms with Gasteiger partial charge in [-0.3, -0.25) is 4.57 Å². The van der Waals surface area contributed by atoms with E-state index in [1.54, 1.807) is 0 Å². The van der Waals surface area contributed by atoms with Crippen LogP contribution in [0.2, 0.25) is 0 Å². The van der Waals surface area contributed by atoms with Crippen LogP contribution in [0.1, 0.15) is 0 Å². The number of alkyl halides is 3. The minimum atomic E-state index is -5.07. The Hall–Kier alpha value is -0.510. The Kier molecular flexibility index (Phi) is 2.72. The van der Waals surface area contributed by atoms with Gasteiger partial charge in [-0.1, -0.05) is 0 Å². The molecule has 0 aliphatic rings. The van der Waals surface area contributed by atoms with Crippen LogP contribution in [0.5, 0.6) is 0 Å². The van der Waals surface area contributed by atoms with E-state index in [9.17, 15) is 22.5 Å². The van der Waals surface area contributed by atoms with Gasteiger partial charge in [0.15, 0.2) is 0 Å². The molecular weight excluding hydrogens is 184 g/mol. The van der Waals surface area contributed by atoms with Crippen LogP contribution < -0.4 is 0 Å². The lowest BCUT2D eigenvalue weighted by Gasteiger charge is -2.09. The standard InChI is InChI=1S/C4H6F3O3P/c1-11(2,9)10-3(8)4(5,6)7/h1-2H3. The number of carbonyl (C=O) groups excluding carboxylic acids is 1. The van der Waals surface area contributed by atoms with Crippen molar-refractivity contribution in [3.63, 3.8) is 0 Å². The molecule has 0 aliphatic heterocycles. The zero-order valence-corrected chi connectivity index (χ0v) is 6.70. The average molecular weight is 190 g/mol. The Bertz CT molecular complexity index is 203. The highest BCUT2D eigenvalue weighted by atomic mass is 31.2. The summed E-state index contributed by atoms with van der Waals surface area (Å²) in [5.41, 5.74) is 0. The molecule has 0 spiro atoms. The molecule has 0 N–H and O–H groups in total. The summed E-state index contributed by atoms with van der Waals surface area (Å²) in [5.74, 6) is -2.41. The summed E-state index contributed by atoms with van der Waals surface area (Å²) in [4.78, 5) is 9.96. The van der Waals surface area contributed by atoms with Crippen LogP contribution in [-0.2, 0) is 13.9 Å². The van der Waals surface area contributed by atoms with E-state index in [2.05, 4.69) is 4.52 Å². The molecule has 7 heteroatoms. The SMILES string of the molecule is CP(C)(=O)OC(=O)C(F)(F)F. The van der Waals surface area contributed by atoms with Gasteiger partial charge in [-0.15, -0.1) is 0 Å². The van der Waals surface area contributed by atoms with E-state index in [4.69, 9.17) is 0 Å². The second kappa shape index (κ2) is 2.85. The van der Waals surface area contributed by atoms with Gasteiger partial charge in [-0.25, -0.2) is 4.79 Å². The second-order valence-electron chi connectivity index (χ2n) is 2.13. The second-order valence-corrected chi connectivity index (χ2v) is 4.82. The average Bonchev–Trinajstić information content (AvgIpc) is 1.56. The van der Waals surface area contributed by atoms with Crippen LogP contribution in [-0.4, -0.2) is 25.5 Å². The number of rotatable bonds is 1. The third-order valence-electron chi connectivity index (χ3n) is 0.534. The van der Waals surface area contributed by atoms with Crippen LogP contribution >= 0.6 is 7.37 Å². The normalized spacial score (nSPS) is 12.8. The van der Waals surface area contributed by atoms with E-state index in [1.807, 2.05) is 0 Å². The fourth-order valence-corrected chi connectivity index (χ4v) is 0.754. The van der Waals surface area contributed by atoms with Crippen molar-refractivity contribution in [3.8, 4) is 0 Å². The summed E-state index contributed by atoms with van der Waals surface area (Å²) in [6.45, 7) is 1.85. The molecule has 0 aliphatic carbocycles. The van der Waals surface area contributed by atoms with Crippen molar-refractivity contribution in [3.05, 3.63) is 0 Å². The minimum absolute atomic E-state index is 0.927. The lowest BCUT2D eigenvalue weighted by atomic mass is 10.7. The lowest BCUT2D eigenvalue weighted by molar-refractivity contribution is -0.189. The largest absolute Gasteiger partial charge is 0.491 e. The fourth-order valence-electron chi connectivity index (χ4n) is 0.251. The molecule has 0 radical (unpaired) electrons. The Labute approximate surface area is 61.0 Å². The van der Waals surface area contributed by atoms with E-state index in [-0.39, 0.29) is 0 Å². The predicted molar refractivity (Wildman–Crippen MR) is 31.6 cm³/mol. The molecular formula is C4H6F3O3P. The van der Waals surface area contributed by atoms with E-state index in [0.29, 0.717) is 0 Å². The first-order valence-electron chi connectivity index (χ1n) is 2.48. The number of hydrogen-bond donors (Lipinski definition) is 0. The highest BCUT2D eigenvalue weighted by Gasteiger charge is 2.42. The quantitative estimate of drug-likeness (QED) is 0.590. The first kappa shape index (κ1) is 10.5. The molecule has 0 rings (SSSR count). The van der Waals surface area contributed by atoms with Crippen molar-refractivity contribution < 1.29 is 27.1 Å². The molecule has 11 heavy (non-hydrogen) atoms. The van der Waals surface area contributed by atoms with Gasteiger partial charge >= 0.3 is 12.1 Å². The van der Waals surface area contributed by atoms with Gasteiger partial charge in [0.1, 0.15) is 0 Å². The molecule has 0 aromatic heterocycles. The molecule has 0 fully saturated rings. The monoisotopic (exact) mass is 190 g/mol.